The summed E-state index contributed by atoms with van der Waals surface area (Å²) in [4.78, 5) is 24.2. The van der Waals surface area contributed by atoms with E-state index in [1.807, 2.05) is 6.07 Å². The summed E-state index contributed by atoms with van der Waals surface area (Å²) >= 11 is 12.0. The zero-order valence-corrected chi connectivity index (χ0v) is 13.5. The van der Waals surface area contributed by atoms with E-state index < -0.39 is 5.54 Å². The van der Waals surface area contributed by atoms with Gasteiger partial charge in [0.1, 0.15) is 0 Å². The predicted octanol–water partition coefficient (Wildman–Crippen LogP) is 1.92. The summed E-state index contributed by atoms with van der Waals surface area (Å²) in [5, 5.41) is 5.89. The molecule has 2 saturated heterocycles. The van der Waals surface area contributed by atoms with Gasteiger partial charge in [-0.05, 0) is 37.1 Å². The van der Waals surface area contributed by atoms with E-state index in [-0.39, 0.29) is 11.8 Å². The van der Waals surface area contributed by atoms with Crippen LogP contribution in [0.5, 0.6) is 0 Å². The summed E-state index contributed by atoms with van der Waals surface area (Å²) < 4.78 is 0. The molecule has 0 saturated carbocycles. The number of nitrogens with one attached hydrogen (secondary N) is 2. The second-order valence-electron chi connectivity index (χ2n) is 5.83. The van der Waals surface area contributed by atoms with Gasteiger partial charge >= 0.3 is 0 Å². The largest absolute Gasteiger partial charge is 0.314 e. The molecule has 0 aromatic heterocycles. The van der Waals surface area contributed by atoms with Crippen LogP contribution in [0.2, 0.25) is 10.0 Å². The maximum Gasteiger partial charge on any atom is 0.241 e. The lowest BCUT2D eigenvalue weighted by atomic mass is 9.94. The predicted molar refractivity (Wildman–Crippen MR) is 84.6 cm³/mol. The Labute approximate surface area is 138 Å². The first-order valence-corrected chi connectivity index (χ1v) is 8.03. The van der Waals surface area contributed by atoms with Crippen LogP contribution in [-0.2, 0) is 16.0 Å². The molecule has 1 atom stereocenters. The van der Waals surface area contributed by atoms with Gasteiger partial charge in [-0.3, -0.25) is 15.0 Å². The second-order valence-corrected chi connectivity index (χ2v) is 6.67. The monoisotopic (exact) mass is 341 g/mol. The summed E-state index contributed by atoms with van der Waals surface area (Å²) in [6, 6.07) is 5.25. The Kier molecular flexibility index (Phi) is 4.30. The lowest BCUT2D eigenvalue weighted by Crippen LogP contribution is -2.53. The minimum absolute atomic E-state index is 0.0828. The van der Waals surface area contributed by atoms with Crippen LogP contribution < -0.4 is 10.7 Å². The summed E-state index contributed by atoms with van der Waals surface area (Å²) in [5.74, 6) is -0.179. The van der Waals surface area contributed by atoms with Gasteiger partial charge in [0.2, 0.25) is 11.8 Å². The smallest absolute Gasteiger partial charge is 0.241 e. The van der Waals surface area contributed by atoms with Gasteiger partial charge in [0, 0.05) is 23.0 Å². The molecule has 0 aliphatic carbocycles. The fourth-order valence-corrected chi connectivity index (χ4v) is 3.64. The number of halogens is 2. The Morgan fingerprint density at radius 3 is 2.86 bits per heavy atom. The number of amides is 2. The van der Waals surface area contributed by atoms with Gasteiger partial charge in [-0.2, -0.15) is 0 Å². The zero-order chi connectivity index (χ0) is 15.7. The minimum atomic E-state index is -0.405. The van der Waals surface area contributed by atoms with Crippen LogP contribution in [0.25, 0.3) is 0 Å². The Morgan fingerprint density at radius 2 is 2.18 bits per heavy atom. The molecule has 2 aliphatic heterocycles. The SMILES string of the molecule is O=C1CC2(CCNC2)N(C(=O)CCc2ccc(Cl)cc2Cl)N1. The van der Waals surface area contributed by atoms with Crippen LogP contribution in [0.1, 0.15) is 24.8 Å². The van der Waals surface area contributed by atoms with Crippen molar-refractivity contribution in [1.82, 2.24) is 15.8 Å². The molecule has 1 unspecified atom stereocenters. The maximum absolute atomic E-state index is 12.5. The number of aryl methyl sites for hydroxylation is 1. The first kappa shape index (κ1) is 15.6. The number of hydrogen-bond donors (Lipinski definition) is 2. The molecule has 1 aromatic carbocycles. The van der Waals surface area contributed by atoms with E-state index in [2.05, 4.69) is 10.7 Å². The van der Waals surface area contributed by atoms with Crippen molar-refractivity contribution in [2.75, 3.05) is 13.1 Å². The summed E-state index contributed by atoms with van der Waals surface area (Å²) in [7, 11) is 0. The number of carbonyl (C=O) groups excluding carboxylic acids is 2. The fourth-order valence-electron chi connectivity index (χ4n) is 3.14. The average molecular weight is 342 g/mol. The molecule has 5 nitrogen and oxygen atoms in total. The highest BCUT2D eigenvalue weighted by Gasteiger charge is 2.49. The number of benzene rings is 1. The zero-order valence-electron chi connectivity index (χ0n) is 12.0. The van der Waals surface area contributed by atoms with Gasteiger partial charge < -0.3 is 5.32 Å². The molecule has 0 bridgehead atoms. The van der Waals surface area contributed by atoms with Gasteiger partial charge in [0.25, 0.3) is 0 Å². The van der Waals surface area contributed by atoms with E-state index in [4.69, 9.17) is 23.2 Å². The molecule has 2 N–H and O–H groups in total. The number of hydrogen-bond acceptors (Lipinski definition) is 3. The highest BCUT2D eigenvalue weighted by molar-refractivity contribution is 6.35. The van der Waals surface area contributed by atoms with E-state index in [1.54, 1.807) is 12.1 Å². The molecular formula is C15H17Cl2N3O2. The molecule has 1 aromatic rings. The van der Waals surface area contributed by atoms with Crippen LogP contribution in [0.3, 0.4) is 0 Å². The van der Waals surface area contributed by atoms with E-state index in [9.17, 15) is 9.59 Å². The molecular weight excluding hydrogens is 325 g/mol. The van der Waals surface area contributed by atoms with Crippen molar-refractivity contribution in [2.24, 2.45) is 0 Å². The summed E-state index contributed by atoms with van der Waals surface area (Å²) in [6.07, 6.45) is 1.97. The van der Waals surface area contributed by atoms with Gasteiger partial charge in [0.05, 0.1) is 12.0 Å². The first-order chi connectivity index (χ1) is 10.5. The van der Waals surface area contributed by atoms with Gasteiger partial charge in [-0.15, -0.1) is 0 Å². The Bertz CT molecular complexity index is 615. The third-order valence-corrected chi connectivity index (χ3v) is 4.88. The molecule has 0 radical (unpaired) electrons. The van der Waals surface area contributed by atoms with Crippen molar-refractivity contribution >= 4 is 35.0 Å². The summed E-state index contributed by atoms with van der Waals surface area (Å²) in [5.41, 5.74) is 3.17. The highest BCUT2D eigenvalue weighted by atomic mass is 35.5. The van der Waals surface area contributed by atoms with Crippen molar-refractivity contribution in [2.45, 2.75) is 31.2 Å². The Hall–Kier alpha value is -1.30. The van der Waals surface area contributed by atoms with E-state index in [0.717, 1.165) is 18.5 Å². The normalized spacial score (nSPS) is 24.1. The standard InChI is InChI=1S/C15H17Cl2N3O2/c16-11-3-1-10(12(17)7-11)2-4-14(22)20-15(5-6-18-9-15)8-13(21)19-20/h1,3,7,18H,2,4-6,8-9H2,(H,19,21). The van der Waals surface area contributed by atoms with Crippen LogP contribution in [0, 0.1) is 0 Å². The second kappa shape index (κ2) is 6.07. The number of hydrazine groups is 1. The van der Waals surface area contributed by atoms with E-state index >= 15 is 0 Å². The lowest BCUT2D eigenvalue weighted by molar-refractivity contribution is -0.140. The Balaban J connectivity index is 1.67. The molecule has 118 valence electrons. The number of nitrogens with zero attached hydrogens (tertiary/aromatic N) is 1. The van der Waals surface area contributed by atoms with Crippen molar-refractivity contribution in [3.8, 4) is 0 Å². The molecule has 2 amide bonds. The number of rotatable bonds is 3. The summed E-state index contributed by atoms with van der Waals surface area (Å²) in [6.45, 7) is 1.47. The Morgan fingerprint density at radius 1 is 1.36 bits per heavy atom. The van der Waals surface area contributed by atoms with Crippen LogP contribution >= 0.6 is 23.2 Å². The highest BCUT2D eigenvalue weighted by Crippen LogP contribution is 2.31. The molecule has 2 fully saturated rings. The topological polar surface area (TPSA) is 61.4 Å². The van der Waals surface area contributed by atoms with Crippen LogP contribution in [0.4, 0.5) is 0 Å². The molecule has 22 heavy (non-hydrogen) atoms. The molecule has 1 spiro atoms. The quantitative estimate of drug-likeness (QED) is 0.882. The van der Waals surface area contributed by atoms with Gasteiger partial charge in [-0.25, -0.2) is 5.01 Å². The molecule has 2 aliphatic rings. The first-order valence-electron chi connectivity index (χ1n) is 7.27. The van der Waals surface area contributed by atoms with Crippen molar-refractivity contribution in [3.63, 3.8) is 0 Å². The molecule has 2 heterocycles. The molecule has 7 heteroatoms. The van der Waals surface area contributed by atoms with Crippen molar-refractivity contribution in [1.29, 1.82) is 0 Å². The van der Waals surface area contributed by atoms with Crippen molar-refractivity contribution in [3.05, 3.63) is 33.8 Å². The van der Waals surface area contributed by atoms with E-state index in [1.165, 1.54) is 5.01 Å². The van der Waals surface area contributed by atoms with Crippen LogP contribution in [0.15, 0.2) is 18.2 Å². The van der Waals surface area contributed by atoms with Gasteiger partial charge in [0.15, 0.2) is 0 Å². The number of carbonyl (C=O) groups is 2. The van der Waals surface area contributed by atoms with Crippen LogP contribution in [-0.4, -0.2) is 35.5 Å². The minimum Gasteiger partial charge on any atom is -0.314 e. The van der Waals surface area contributed by atoms with E-state index in [0.29, 0.717) is 35.9 Å². The third-order valence-electron chi connectivity index (χ3n) is 4.29. The maximum atomic E-state index is 12.5. The molecule has 3 rings (SSSR count). The lowest BCUT2D eigenvalue weighted by Gasteiger charge is -2.32. The fraction of sp³-hybridized carbons (Fsp3) is 0.467. The van der Waals surface area contributed by atoms with Crippen molar-refractivity contribution < 1.29 is 9.59 Å². The third kappa shape index (κ3) is 2.93. The average Bonchev–Trinajstić information content (AvgIpc) is 3.05. The van der Waals surface area contributed by atoms with Gasteiger partial charge in [-0.1, -0.05) is 29.3 Å².